The van der Waals surface area contributed by atoms with E-state index in [4.69, 9.17) is 4.74 Å². The second-order valence-electron chi connectivity index (χ2n) is 6.03. The van der Waals surface area contributed by atoms with Gasteiger partial charge < -0.3 is 14.6 Å². The Balaban J connectivity index is 2.02. The number of allylic oxidation sites excluding steroid dienone is 1. The number of amides is 1. The molecule has 0 unspecified atom stereocenters. The van der Waals surface area contributed by atoms with Gasteiger partial charge in [0.05, 0.1) is 18.2 Å². The normalized spacial score (nSPS) is 13.6. The summed E-state index contributed by atoms with van der Waals surface area (Å²) in [6.45, 7) is 5.07. The number of aromatic nitrogens is 1. The molecule has 0 radical (unpaired) electrons. The van der Waals surface area contributed by atoms with Gasteiger partial charge in [-0.2, -0.15) is 0 Å². The fraction of sp³-hybridized carbons (Fsp3) is 0.333. The second-order valence-corrected chi connectivity index (χ2v) is 6.03. The molecule has 1 amide bonds. The van der Waals surface area contributed by atoms with Gasteiger partial charge in [0.15, 0.2) is 0 Å². The molecule has 0 aliphatic carbocycles. The quantitative estimate of drug-likeness (QED) is 0.685. The van der Waals surface area contributed by atoms with Crippen LogP contribution in [0.5, 0.6) is 0 Å². The average Bonchev–Trinajstić information content (AvgIpc) is 2.91. The molecule has 5 nitrogen and oxygen atoms in total. The predicted octanol–water partition coefficient (Wildman–Crippen LogP) is 2.81. The molecule has 2 heterocycles. The standard InChI is InChI=1S/C18H20N2O3/c1-11(2)9-16(21)20-8-7-15-14(10-20)12-5-4-6-13(17(12)19-15)18(22)23-3/h4-6,9,19H,7-8,10H2,1-3H3. The molecule has 0 atom stereocenters. The van der Waals surface area contributed by atoms with E-state index in [0.717, 1.165) is 34.2 Å². The molecule has 0 fully saturated rings. The fourth-order valence-electron chi connectivity index (χ4n) is 3.04. The number of esters is 1. The van der Waals surface area contributed by atoms with Crippen LogP contribution in [0, 0.1) is 0 Å². The lowest BCUT2D eigenvalue weighted by Gasteiger charge is -2.26. The van der Waals surface area contributed by atoms with Crippen LogP contribution in [0.15, 0.2) is 29.8 Å². The summed E-state index contributed by atoms with van der Waals surface area (Å²) in [4.78, 5) is 29.4. The Bertz CT molecular complexity index is 813. The van der Waals surface area contributed by atoms with Crippen molar-refractivity contribution in [3.05, 3.63) is 46.7 Å². The summed E-state index contributed by atoms with van der Waals surface area (Å²) >= 11 is 0. The summed E-state index contributed by atoms with van der Waals surface area (Å²) in [6, 6.07) is 5.58. The summed E-state index contributed by atoms with van der Waals surface area (Å²) in [5, 5.41) is 0.984. The van der Waals surface area contributed by atoms with Crippen molar-refractivity contribution in [1.29, 1.82) is 0 Å². The smallest absolute Gasteiger partial charge is 0.339 e. The minimum Gasteiger partial charge on any atom is -0.465 e. The lowest BCUT2D eigenvalue weighted by Crippen LogP contribution is -2.34. The first-order chi connectivity index (χ1) is 11.0. The third-order valence-electron chi connectivity index (χ3n) is 4.14. The van der Waals surface area contributed by atoms with Crippen molar-refractivity contribution in [3.8, 4) is 0 Å². The van der Waals surface area contributed by atoms with Crippen molar-refractivity contribution in [2.24, 2.45) is 0 Å². The van der Waals surface area contributed by atoms with Gasteiger partial charge in [0.2, 0.25) is 5.91 Å². The molecule has 1 aromatic heterocycles. The van der Waals surface area contributed by atoms with Crippen LogP contribution in [-0.4, -0.2) is 35.4 Å². The molecule has 23 heavy (non-hydrogen) atoms. The number of carbonyl (C=O) groups excluding carboxylic acids is 2. The maximum absolute atomic E-state index is 12.3. The molecule has 1 aromatic carbocycles. The summed E-state index contributed by atoms with van der Waals surface area (Å²) in [5.41, 5.74) is 4.50. The van der Waals surface area contributed by atoms with E-state index in [-0.39, 0.29) is 11.9 Å². The van der Waals surface area contributed by atoms with Crippen molar-refractivity contribution < 1.29 is 14.3 Å². The number of hydrogen-bond acceptors (Lipinski definition) is 3. The highest BCUT2D eigenvalue weighted by atomic mass is 16.5. The van der Waals surface area contributed by atoms with Crippen LogP contribution in [0.25, 0.3) is 10.9 Å². The molecular weight excluding hydrogens is 292 g/mol. The van der Waals surface area contributed by atoms with Crippen LogP contribution in [0.2, 0.25) is 0 Å². The molecule has 0 saturated heterocycles. The summed E-state index contributed by atoms with van der Waals surface area (Å²) < 4.78 is 4.85. The van der Waals surface area contributed by atoms with Crippen molar-refractivity contribution in [2.45, 2.75) is 26.8 Å². The minimum atomic E-state index is -0.355. The number of carbonyl (C=O) groups is 2. The first-order valence-electron chi connectivity index (χ1n) is 7.66. The number of fused-ring (bicyclic) bond motifs is 3. The molecule has 1 aliphatic rings. The van der Waals surface area contributed by atoms with E-state index in [2.05, 4.69) is 4.98 Å². The topological polar surface area (TPSA) is 62.4 Å². The Labute approximate surface area is 134 Å². The van der Waals surface area contributed by atoms with E-state index in [1.165, 1.54) is 7.11 Å². The van der Waals surface area contributed by atoms with E-state index in [0.29, 0.717) is 18.7 Å². The third kappa shape index (κ3) is 2.74. The Morgan fingerprint density at radius 2 is 2.09 bits per heavy atom. The number of nitrogens with zero attached hydrogens (tertiary/aromatic N) is 1. The number of benzene rings is 1. The van der Waals surface area contributed by atoms with Crippen LogP contribution in [0.4, 0.5) is 0 Å². The number of para-hydroxylation sites is 1. The molecule has 1 N–H and O–H groups in total. The summed E-state index contributed by atoms with van der Waals surface area (Å²) in [5.74, 6) is -0.319. The van der Waals surface area contributed by atoms with E-state index in [1.54, 1.807) is 12.1 Å². The van der Waals surface area contributed by atoms with Gasteiger partial charge in [-0.25, -0.2) is 4.79 Å². The van der Waals surface area contributed by atoms with Crippen molar-refractivity contribution >= 4 is 22.8 Å². The number of ether oxygens (including phenoxy) is 1. The largest absolute Gasteiger partial charge is 0.465 e. The molecular formula is C18H20N2O3. The highest BCUT2D eigenvalue weighted by molar-refractivity contribution is 6.04. The number of aromatic amines is 1. The maximum Gasteiger partial charge on any atom is 0.339 e. The van der Waals surface area contributed by atoms with Gasteiger partial charge in [-0.15, -0.1) is 0 Å². The third-order valence-corrected chi connectivity index (χ3v) is 4.14. The first-order valence-corrected chi connectivity index (χ1v) is 7.66. The highest BCUT2D eigenvalue weighted by Crippen LogP contribution is 2.30. The molecule has 120 valence electrons. The molecule has 2 aromatic rings. The van der Waals surface area contributed by atoms with Crippen LogP contribution in [-0.2, 0) is 22.5 Å². The average molecular weight is 312 g/mol. The lowest BCUT2D eigenvalue weighted by atomic mass is 10.0. The first kappa shape index (κ1) is 15.3. The van der Waals surface area contributed by atoms with Gasteiger partial charge in [0.1, 0.15) is 0 Å². The van der Waals surface area contributed by atoms with Crippen molar-refractivity contribution in [2.75, 3.05) is 13.7 Å². The van der Waals surface area contributed by atoms with E-state index in [9.17, 15) is 9.59 Å². The van der Waals surface area contributed by atoms with Crippen LogP contribution in [0.3, 0.4) is 0 Å². The van der Waals surface area contributed by atoms with Gasteiger partial charge >= 0.3 is 5.97 Å². The van der Waals surface area contributed by atoms with E-state index >= 15 is 0 Å². The number of rotatable bonds is 2. The zero-order valence-corrected chi connectivity index (χ0v) is 13.6. The molecule has 0 saturated carbocycles. The SMILES string of the molecule is COC(=O)c1cccc2c3c([nH]c12)CCN(C(=O)C=C(C)C)C3. The molecule has 5 heteroatoms. The van der Waals surface area contributed by atoms with Gasteiger partial charge in [0, 0.05) is 42.2 Å². The molecule has 0 bridgehead atoms. The fourth-order valence-corrected chi connectivity index (χ4v) is 3.04. The predicted molar refractivity (Wildman–Crippen MR) is 88.2 cm³/mol. The Hall–Kier alpha value is -2.56. The van der Waals surface area contributed by atoms with Gasteiger partial charge in [-0.1, -0.05) is 17.7 Å². The number of nitrogens with one attached hydrogen (secondary N) is 1. The number of hydrogen-bond donors (Lipinski definition) is 1. The van der Waals surface area contributed by atoms with Crippen LogP contribution < -0.4 is 0 Å². The van der Waals surface area contributed by atoms with Gasteiger partial charge in [-0.05, 0) is 19.9 Å². The van der Waals surface area contributed by atoms with Crippen LogP contribution in [0.1, 0.15) is 35.5 Å². The van der Waals surface area contributed by atoms with Gasteiger partial charge in [-0.3, -0.25) is 4.79 Å². The Morgan fingerprint density at radius 3 is 2.78 bits per heavy atom. The Morgan fingerprint density at radius 1 is 1.30 bits per heavy atom. The lowest BCUT2D eigenvalue weighted by molar-refractivity contribution is -0.126. The number of methoxy groups -OCH3 is 1. The maximum atomic E-state index is 12.3. The molecule has 0 spiro atoms. The van der Waals surface area contributed by atoms with Crippen LogP contribution >= 0.6 is 0 Å². The number of H-pyrrole nitrogens is 1. The molecule has 3 rings (SSSR count). The zero-order chi connectivity index (χ0) is 16.6. The Kier molecular flexibility index (Phi) is 3.94. The van der Waals surface area contributed by atoms with Gasteiger partial charge in [0.25, 0.3) is 0 Å². The van der Waals surface area contributed by atoms with Crippen molar-refractivity contribution in [1.82, 2.24) is 9.88 Å². The second kappa shape index (κ2) is 5.91. The minimum absolute atomic E-state index is 0.0362. The molecule has 1 aliphatic heterocycles. The summed E-state index contributed by atoms with van der Waals surface area (Å²) in [6.07, 6.45) is 2.42. The van der Waals surface area contributed by atoms with Crippen molar-refractivity contribution in [3.63, 3.8) is 0 Å². The summed E-state index contributed by atoms with van der Waals surface area (Å²) in [7, 11) is 1.38. The van der Waals surface area contributed by atoms with E-state index < -0.39 is 0 Å². The highest BCUT2D eigenvalue weighted by Gasteiger charge is 2.24. The zero-order valence-electron chi connectivity index (χ0n) is 13.6. The van der Waals surface area contributed by atoms with E-state index in [1.807, 2.05) is 30.9 Å². The monoisotopic (exact) mass is 312 g/mol.